The second-order valence-electron chi connectivity index (χ2n) is 8.48. The maximum Gasteiger partial charge on any atom is 0.222 e. The predicted octanol–water partition coefficient (Wildman–Crippen LogP) is 2.75. The van der Waals surface area contributed by atoms with Crippen molar-refractivity contribution in [2.24, 2.45) is 11.8 Å². The molecule has 0 aliphatic carbocycles. The van der Waals surface area contributed by atoms with Crippen LogP contribution in [0.4, 0.5) is 0 Å². The number of rotatable bonds is 7. The van der Waals surface area contributed by atoms with E-state index in [4.69, 9.17) is 0 Å². The van der Waals surface area contributed by atoms with Gasteiger partial charge in [0.2, 0.25) is 11.8 Å². The SMILES string of the molecule is CC(CC(=O)NC1CCN(C(=O)CCc2ccccc2)CC1)C1CCNCC1. The highest BCUT2D eigenvalue weighted by atomic mass is 16.2. The molecule has 0 radical (unpaired) electrons. The van der Waals surface area contributed by atoms with E-state index in [1.165, 1.54) is 18.4 Å². The second kappa shape index (κ2) is 10.6. The van der Waals surface area contributed by atoms with Gasteiger partial charge in [0.15, 0.2) is 0 Å². The normalized spacial score (nSPS) is 20.0. The molecule has 28 heavy (non-hydrogen) atoms. The maximum atomic E-state index is 12.5. The molecule has 1 aromatic rings. The number of likely N-dealkylation sites (tertiary alicyclic amines) is 1. The van der Waals surface area contributed by atoms with Gasteiger partial charge in [0.05, 0.1) is 0 Å². The van der Waals surface area contributed by atoms with Crippen LogP contribution in [0.3, 0.4) is 0 Å². The van der Waals surface area contributed by atoms with E-state index in [1.807, 2.05) is 23.1 Å². The number of piperidine rings is 2. The van der Waals surface area contributed by atoms with Crippen molar-refractivity contribution in [2.75, 3.05) is 26.2 Å². The third kappa shape index (κ3) is 6.33. The number of aryl methyl sites for hydroxylation is 1. The van der Waals surface area contributed by atoms with Crippen molar-refractivity contribution < 1.29 is 9.59 Å². The first-order valence-electron chi connectivity index (χ1n) is 10.9. The van der Waals surface area contributed by atoms with Crippen LogP contribution in [0, 0.1) is 11.8 Å². The fraction of sp³-hybridized carbons (Fsp3) is 0.652. The van der Waals surface area contributed by atoms with E-state index in [0.717, 1.165) is 45.4 Å². The van der Waals surface area contributed by atoms with Crippen LogP contribution in [0.2, 0.25) is 0 Å². The first-order valence-corrected chi connectivity index (χ1v) is 10.9. The summed E-state index contributed by atoms with van der Waals surface area (Å²) in [4.78, 5) is 26.8. The lowest BCUT2D eigenvalue weighted by molar-refractivity contribution is -0.132. The van der Waals surface area contributed by atoms with Crippen molar-refractivity contribution in [2.45, 2.75) is 57.9 Å². The summed E-state index contributed by atoms with van der Waals surface area (Å²) in [6.07, 6.45) is 6.07. The molecule has 1 aromatic carbocycles. The van der Waals surface area contributed by atoms with Crippen LogP contribution < -0.4 is 10.6 Å². The first-order chi connectivity index (χ1) is 13.6. The van der Waals surface area contributed by atoms with Crippen molar-refractivity contribution >= 4 is 11.8 Å². The van der Waals surface area contributed by atoms with Gasteiger partial charge in [-0.15, -0.1) is 0 Å². The highest BCUT2D eigenvalue weighted by Gasteiger charge is 2.26. The average Bonchev–Trinajstić information content (AvgIpc) is 2.74. The Labute approximate surface area is 169 Å². The number of nitrogens with one attached hydrogen (secondary N) is 2. The van der Waals surface area contributed by atoms with Crippen molar-refractivity contribution in [1.29, 1.82) is 0 Å². The fourth-order valence-electron chi connectivity index (χ4n) is 4.49. The van der Waals surface area contributed by atoms with E-state index in [2.05, 4.69) is 29.7 Å². The molecule has 0 saturated carbocycles. The Bertz CT molecular complexity index is 620. The Kier molecular flexibility index (Phi) is 7.90. The van der Waals surface area contributed by atoms with Gasteiger partial charge in [0.25, 0.3) is 0 Å². The van der Waals surface area contributed by atoms with E-state index in [9.17, 15) is 9.59 Å². The number of benzene rings is 1. The topological polar surface area (TPSA) is 61.4 Å². The number of amides is 2. The summed E-state index contributed by atoms with van der Waals surface area (Å²) in [5.41, 5.74) is 1.21. The first kappa shape index (κ1) is 20.8. The molecule has 2 saturated heterocycles. The summed E-state index contributed by atoms with van der Waals surface area (Å²) in [6, 6.07) is 10.4. The van der Waals surface area contributed by atoms with E-state index in [-0.39, 0.29) is 17.9 Å². The highest BCUT2D eigenvalue weighted by Crippen LogP contribution is 2.24. The van der Waals surface area contributed by atoms with Crippen molar-refractivity contribution in [3.63, 3.8) is 0 Å². The van der Waals surface area contributed by atoms with Gasteiger partial charge in [0, 0.05) is 32.0 Å². The quantitative estimate of drug-likeness (QED) is 0.759. The molecule has 2 aliphatic rings. The average molecular weight is 386 g/mol. The van der Waals surface area contributed by atoms with Gasteiger partial charge in [-0.1, -0.05) is 37.3 Å². The summed E-state index contributed by atoms with van der Waals surface area (Å²) in [7, 11) is 0. The molecular weight excluding hydrogens is 350 g/mol. The second-order valence-corrected chi connectivity index (χ2v) is 8.48. The molecule has 2 N–H and O–H groups in total. The minimum Gasteiger partial charge on any atom is -0.353 e. The monoisotopic (exact) mass is 385 g/mol. The van der Waals surface area contributed by atoms with E-state index in [1.54, 1.807) is 0 Å². The Hall–Kier alpha value is -1.88. The summed E-state index contributed by atoms with van der Waals surface area (Å²) >= 11 is 0. The van der Waals surface area contributed by atoms with Gasteiger partial charge in [-0.05, 0) is 62.6 Å². The molecule has 2 aliphatic heterocycles. The third-order valence-electron chi connectivity index (χ3n) is 6.38. The lowest BCUT2D eigenvalue weighted by Crippen LogP contribution is -2.47. The highest BCUT2D eigenvalue weighted by molar-refractivity contribution is 5.77. The Morgan fingerprint density at radius 2 is 1.79 bits per heavy atom. The molecule has 5 nitrogen and oxygen atoms in total. The molecule has 5 heteroatoms. The number of hydrogen-bond donors (Lipinski definition) is 2. The standard InChI is InChI=1S/C23H35N3O2/c1-18(20-9-13-24-14-10-20)17-22(27)25-21-11-15-26(16-12-21)23(28)8-7-19-5-3-2-4-6-19/h2-6,18,20-21,24H,7-17H2,1H3,(H,25,27). The Balaban J connectivity index is 1.34. The molecule has 154 valence electrons. The zero-order valence-electron chi connectivity index (χ0n) is 17.2. The van der Waals surface area contributed by atoms with Crippen LogP contribution in [-0.4, -0.2) is 48.9 Å². The van der Waals surface area contributed by atoms with Gasteiger partial charge in [0.1, 0.15) is 0 Å². The van der Waals surface area contributed by atoms with E-state index in [0.29, 0.717) is 24.7 Å². The van der Waals surface area contributed by atoms with Gasteiger partial charge < -0.3 is 15.5 Å². The zero-order valence-corrected chi connectivity index (χ0v) is 17.2. The lowest BCUT2D eigenvalue weighted by Gasteiger charge is -2.33. The smallest absolute Gasteiger partial charge is 0.222 e. The summed E-state index contributed by atoms with van der Waals surface area (Å²) in [5.74, 6) is 1.52. The lowest BCUT2D eigenvalue weighted by atomic mass is 9.84. The van der Waals surface area contributed by atoms with E-state index < -0.39 is 0 Å². The van der Waals surface area contributed by atoms with Crippen LogP contribution in [0.15, 0.2) is 30.3 Å². The van der Waals surface area contributed by atoms with Crippen LogP contribution in [0.1, 0.15) is 51.0 Å². The van der Waals surface area contributed by atoms with Gasteiger partial charge in [-0.3, -0.25) is 9.59 Å². The minimum absolute atomic E-state index is 0.180. The molecule has 3 rings (SSSR count). The van der Waals surface area contributed by atoms with Gasteiger partial charge in [-0.25, -0.2) is 0 Å². The minimum atomic E-state index is 0.180. The summed E-state index contributed by atoms with van der Waals surface area (Å²) < 4.78 is 0. The molecule has 0 aromatic heterocycles. The molecule has 0 bridgehead atoms. The summed E-state index contributed by atoms with van der Waals surface area (Å²) in [6.45, 7) is 5.87. The van der Waals surface area contributed by atoms with Crippen LogP contribution in [0.5, 0.6) is 0 Å². The zero-order chi connectivity index (χ0) is 19.8. The molecule has 2 heterocycles. The van der Waals surface area contributed by atoms with Crippen molar-refractivity contribution in [1.82, 2.24) is 15.5 Å². The molecule has 1 unspecified atom stereocenters. The van der Waals surface area contributed by atoms with E-state index >= 15 is 0 Å². The third-order valence-corrected chi connectivity index (χ3v) is 6.38. The van der Waals surface area contributed by atoms with Gasteiger partial charge >= 0.3 is 0 Å². The van der Waals surface area contributed by atoms with Crippen molar-refractivity contribution in [3.8, 4) is 0 Å². The van der Waals surface area contributed by atoms with Gasteiger partial charge in [-0.2, -0.15) is 0 Å². The largest absolute Gasteiger partial charge is 0.353 e. The molecule has 2 amide bonds. The molecular formula is C23H35N3O2. The van der Waals surface area contributed by atoms with Crippen LogP contribution in [0.25, 0.3) is 0 Å². The van der Waals surface area contributed by atoms with Crippen LogP contribution in [-0.2, 0) is 16.0 Å². The number of carbonyl (C=O) groups excluding carboxylic acids is 2. The maximum absolute atomic E-state index is 12.5. The Morgan fingerprint density at radius 3 is 2.46 bits per heavy atom. The fourth-order valence-corrected chi connectivity index (χ4v) is 4.49. The molecule has 2 fully saturated rings. The number of carbonyl (C=O) groups is 2. The van der Waals surface area contributed by atoms with Crippen LogP contribution >= 0.6 is 0 Å². The summed E-state index contributed by atoms with van der Waals surface area (Å²) in [5, 5.41) is 6.60. The molecule has 0 spiro atoms. The predicted molar refractivity (Wildman–Crippen MR) is 112 cm³/mol. The number of hydrogen-bond acceptors (Lipinski definition) is 3. The number of nitrogens with zero attached hydrogens (tertiary/aromatic N) is 1. The molecule has 1 atom stereocenters. The Morgan fingerprint density at radius 1 is 1.11 bits per heavy atom. The van der Waals surface area contributed by atoms with Crippen molar-refractivity contribution in [3.05, 3.63) is 35.9 Å².